The second-order valence-corrected chi connectivity index (χ2v) is 7.18. The summed E-state index contributed by atoms with van der Waals surface area (Å²) in [6.45, 7) is 1.76. The van der Waals surface area contributed by atoms with E-state index >= 15 is 0 Å². The Morgan fingerprint density at radius 1 is 1.38 bits per heavy atom. The quantitative estimate of drug-likeness (QED) is 0.659. The van der Waals surface area contributed by atoms with Crippen LogP contribution in [0, 0.1) is 12.7 Å². The third-order valence-corrected chi connectivity index (χ3v) is 5.10. The Balaban J connectivity index is 1.48. The van der Waals surface area contributed by atoms with E-state index in [1.807, 2.05) is 5.38 Å². The van der Waals surface area contributed by atoms with Crippen LogP contribution >= 0.6 is 23.1 Å². The minimum atomic E-state index is -0.267. The third-order valence-electron chi connectivity index (χ3n) is 3.07. The van der Waals surface area contributed by atoms with E-state index in [1.165, 1.54) is 35.2 Å². The van der Waals surface area contributed by atoms with Crippen LogP contribution in [0.15, 0.2) is 44.6 Å². The molecule has 0 fully saturated rings. The van der Waals surface area contributed by atoms with Gasteiger partial charge in [0.15, 0.2) is 10.2 Å². The second kappa shape index (κ2) is 7.59. The lowest BCUT2D eigenvalue weighted by molar-refractivity contribution is -0.115. The predicted octanol–water partition coefficient (Wildman–Crippen LogP) is 4.37. The SMILES string of the molecule is Cc1cc(NC(=O)CCSc2nc(-c3ccc(F)cc3)cs2)no1. The molecule has 0 aliphatic carbocycles. The van der Waals surface area contributed by atoms with E-state index in [1.54, 1.807) is 25.1 Å². The van der Waals surface area contributed by atoms with E-state index in [0.29, 0.717) is 23.8 Å². The van der Waals surface area contributed by atoms with Crippen molar-refractivity contribution in [2.75, 3.05) is 11.1 Å². The highest BCUT2D eigenvalue weighted by atomic mass is 32.2. The molecular weight excluding hydrogens is 349 g/mol. The van der Waals surface area contributed by atoms with Gasteiger partial charge in [-0.05, 0) is 31.2 Å². The molecule has 0 atom stereocenters. The van der Waals surface area contributed by atoms with Crippen molar-refractivity contribution in [3.63, 3.8) is 0 Å². The van der Waals surface area contributed by atoms with Gasteiger partial charge in [0, 0.05) is 29.2 Å². The summed E-state index contributed by atoms with van der Waals surface area (Å²) in [5.41, 5.74) is 1.68. The topological polar surface area (TPSA) is 68.0 Å². The minimum absolute atomic E-state index is 0.119. The van der Waals surface area contributed by atoms with Crippen LogP contribution in [0.25, 0.3) is 11.3 Å². The van der Waals surface area contributed by atoms with Crippen molar-refractivity contribution in [3.8, 4) is 11.3 Å². The van der Waals surface area contributed by atoms with Crippen molar-refractivity contribution in [1.29, 1.82) is 0 Å². The number of nitrogens with zero attached hydrogens (tertiary/aromatic N) is 2. The Kier molecular flexibility index (Phi) is 5.27. The van der Waals surface area contributed by atoms with Gasteiger partial charge in [-0.1, -0.05) is 16.9 Å². The summed E-state index contributed by atoms with van der Waals surface area (Å²) in [6.07, 6.45) is 0.349. The van der Waals surface area contributed by atoms with E-state index in [4.69, 9.17) is 4.52 Å². The zero-order valence-corrected chi connectivity index (χ0v) is 14.4. The first-order valence-corrected chi connectivity index (χ1v) is 9.04. The largest absolute Gasteiger partial charge is 0.360 e. The van der Waals surface area contributed by atoms with Crippen LogP contribution in [0.5, 0.6) is 0 Å². The Morgan fingerprint density at radius 3 is 2.88 bits per heavy atom. The molecule has 0 aliphatic heterocycles. The molecule has 124 valence electrons. The first kappa shape index (κ1) is 16.7. The van der Waals surface area contributed by atoms with Gasteiger partial charge in [0.1, 0.15) is 11.6 Å². The summed E-state index contributed by atoms with van der Waals surface area (Å²) >= 11 is 3.02. The van der Waals surface area contributed by atoms with Crippen LogP contribution in [-0.2, 0) is 4.79 Å². The molecule has 0 aliphatic rings. The minimum Gasteiger partial charge on any atom is -0.360 e. The molecule has 3 rings (SSSR count). The number of carbonyl (C=O) groups is 1. The van der Waals surface area contributed by atoms with Crippen LogP contribution in [-0.4, -0.2) is 21.8 Å². The average Bonchev–Trinajstić information content (AvgIpc) is 3.17. The van der Waals surface area contributed by atoms with E-state index in [0.717, 1.165) is 15.6 Å². The van der Waals surface area contributed by atoms with Gasteiger partial charge in [-0.3, -0.25) is 4.79 Å². The summed E-state index contributed by atoms with van der Waals surface area (Å²) in [5, 5.41) is 8.31. The smallest absolute Gasteiger partial charge is 0.226 e. The van der Waals surface area contributed by atoms with Crippen LogP contribution in [0.1, 0.15) is 12.2 Å². The Morgan fingerprint density at radius 2 is 2.17 bits per heavy atom. The van der Waals surface area contributed by atoms with Crippen LogP contribution < -0.4 is 5.32 Å². The van der Waals surface area contributed by atoms with Crippen molar-refractivity contribution in [2.45, 2.75) is 17.7 Å². The van der Waals surface area contributed by atoms with Gasteiger partial charge >= 0.3 is 0 Å². The van der Waals surface area contributed by atoms with Crippen LogP contribution in [0.4, 0.5) is 10.2 Å². The van der Waals surface area contributed by atoms with Gasteiger partial charge in [0.25, 0.3) is 0 Å². The predicted molar refractivity (Wildman–Crippen MR) is 92.7 cm³/mol. The molecule has 0 unspecified atom stereocenters. The highest BCUT2D eigenvalue weighted by Crippen LogP contribution is 2.28. The highest BCUT2D eigenvalue weighted by Gasteiger charge is 2.09. The van der Waals surface area contributed by atoms with Crippen molar-refractivity contribution in [3.05, 3.63) is 47.3 Å². The number of hydrogen-bond donors (Lipinski definition) is 1. The van der Waals surface area contributed by atoms with Gasteiger partial charge in [0.05, 0.1) is 5.69 Å². The normalized spacial score (nSPS) is 10.8. The van der Waals surface area contributed by atoms with E-state index in [-0.39, 0.29) is 11.7 Å². The molecule has 1 aromatic carbocycles. The number of aromatic nitrogens is 2. The van der Waals surface area contributed by atoms with Crippen molar-refractivity contribution in [2.24, 2.45) is 0 Å². The number of aryl methyl sites for hydroxylation is 1. The molecule has 8 heteroatoms. The average molecular weight is 363 g/mol. The number of thiazole rings is 1. The number of halogens is 1. The molecule has 0 bridgehead atoms. The number of carbonyl (C=O) groups excluding carboxylic acids is 1. The van der Waals surface area contributed by atoms with Crippen molar-refractivity contribution >= 4 is 34.8 Å². The molecule has 0 saturated carbocycles. The Hall–Kier alpha value is -2.19. The molecular formula is C16H14FN3O2S2. The van der Waals surface area contributed by atoms with Gasteiger partial charge in [0.2, 0.25) is 5.91 Å². The van der Waals surface area contributed by atoms with Gasteiger partial charge in [-0.2, -0.15) is 0 Å². The first-order chi connectivity index (χ1) is 11.6. The maximum Gasteiger partial charge on any atom is 0.226 e. The van der Waals surface area contributed by atoms with Crippen LogP contribution in [0.2, 0.25) is 0 Å². The molecule has 2 heterocycles. The lowest BCUT2D eigenvalue weighted by Crippen LogP contribution is -2.12. The van der Waals surface area contributed by atoms with E-state index < -0.39 is 0 Å². The number of amides is 1. The highest BCUT2D eigenvalue weighted by molar-refractivity contribution is 8.01. The standard InChI is InChI=1S/C16H14FN3O2S2/c1-10-8-14(20-22-10)19-15(21)6-7-23-16-18-13(9-24-16)11-2-4-12(17)5-3-11/h2-5,8-9H,6-7H2,1H3,(H,19,20,21). The summed E-state index contributed by atoms with van der Waals surface area (Å²) in [7, 11) is 0. The Bertz CT molecular complexity index is 830. The fraction of sp³-hybridized carbons (Fsp3) is 0.188. The summed E-state index contributed by atoms with van der Waals surface area (Å²) < 4.78 is 18.7. The van der Waals surface area contributed by atoms with Crippen LogP contribution in [0.3, 0.4) is 0 Å². The number of hydrogen-bond acceptors (Lipinski definition) is 6. The first-order valence-electron chi connectivity index (χ1n) is 7.17. The monoisotopic (exact) mass is 363 g/mol. The molecule has 5 nitrogen and oxygen atoms in total. The summed E-state index contributed by atoms with van der Waals surface area (Å²) in [6, 6.07) is 7.90. The van der Waals surface area contributed by atoms with Gasteiger partial charge in [-0.25, -0.2) is 9.37 Å². The molecule has 0 radical (unpaired) electrons. The third kappa shape index (κ3) is 4.42. The van der Waals surface area contributed by atoms with Gasteiger partial charge in [-0.15, -0.1) is 11.3 Å². The summed E-state index contributed by atoms with van der Waals surface area (Å²) in [5.74, 6) is 1.30. The molecule has 2 aromatic heterocycles. The molecule has 1 N–H and O–H groups in total. The van der Waals surface area contributed by atoms with E-state index in [9.17, 15) is 9.18 Å². The molecule has 0 spiro atoms. The lowest BCUT2D eigenvalue weighted by Gasteiger charge is -2.00. The number of anilines is 1. The van der Waals surface area contributed by atoms with Crippen molar-refractivity contribution in [1.82, 2.24) is 10.1 Å². The maximum atomic E-state index is 12.9. The van der Waals surface area contributed by atoms with Crippen molar-refractivity contribution < 1.29 is 13.7 Å². The molecule has 1 amide bonds. The Labute approximate surface area is 146 Å². The zero-order chi connectivity index (χ0) is 16.9. The number of thioether (sulfide) groups is 1. The number of benzene rings is 1. The lowest BCUT2D eigenvalue weighted by atomic mass is 10.2. The summed E-state index contributed by atoms with van der Waals surface area (Å²) in [4.78, 5) is 16.3. The molecule has 24 heavy (non-hydrogen) atoms. The fourth-order valence-electron chi connectivity index (χ4n) is 1.94. The van der Waals surface area contributed by atoms with E-state index in [2.05, 4.69) is 15.5 Å². The molecule has 3 aromatic rings. The number of rotatable bonds is 6. The maximum absolute atomic E-state index is 12.9. The van der Waals surface area contributed by atoms with Gasteiger partial charge < -0.3 is 9.84 Å². The second-order valence-electron chi connectivity index (χ2n) is 4.97. The molecule has 0 saturated heterocycles. The number of nitrogens with one attached hydrogen (secondary N) is 1. The zero-order valence-electron chi connectivity index (χ0n) is 12.8. The fourth-order valence-corrected chi connectivity index (χ4v) is 3.78.